The van der Waals surface area contributed by atoms with Crippen LogP contribution in [0.4, 0.5) is 0 Å². The molecule has 0 aromatic carbocycles. The van der Waals surface area contributed by atoms with Crippen molar-refractivity contribution >= 4 is 5.97 Å². The summed E-state index contributed by atoms with van der Waals surface area (Å²) in [5.74, 6) is -0.416. The maximum atomic E-state index is 9.95. The van der Waals surface area contributed by atoms with Crippen molar-refractivity contribution in [3.05, 3.63) is 12.2 Å². The molecule has 0 radical (unpaired) electrons. The molecule has 2 heteroatoms. The van der Waals surface area contributed by atoms with Crippen LogP contribution in [0.5, 0.6) is 0 Å². The van der Waals surface area contributed by atoms with Crippen LogP contribution in [-0.2, 0) is 4.79 Å². The van der Waals surface area contributed by atoms with Crippen LogP contribution in [0.3, 0.4) is 0 Å². The molecule has 8 heavy (non-hydrogen) atoms. The summed E-state index contributed by atoms with van der Waals surface area (Å²) in [5, 5.41) is 8.20. The lowest BCUT2D eigenvalue weighted by molar-refractivity contribution is -0.137. The molecule has 0 heterocycles. The summed E-state index contributed by atoms with van der Waals surface area (Å²) in [6.45, 7) is 3.64. The van der Waals surface area contributed by atoms with Gasteiger partial charge in [0.25, 0.3) is 0 Å². The van der Waals surface area contributed by atoms with Crippen molar-refractivity contribution < 1.29 is 9.90 Å². The summed E-state index contributed by atoms with van der Waals surface area (Å²) in [7, 11) is 0. The number of rotatable bonds is 2. The fourth-order valence-electron chi connectivity index (χ4n) is 0.685. The van der Waals surface area contributed by atoms with Gasteiger partial charge >= 0.3 is 5.97 Å². The summed E-state index contributed by atoms with van der Waals surface area (Å²) in [5.41, 5.74) is 1.09. The molecule has 0 aromatic heterocycles. The van der Waals surface area contributed by atoms with Gasteiger partial charge in [-0.2, -0.15) is 0 Å². The summed E-state index contributed by atoms with van der Waals surface area (Å²) in [6, 6.07) is 0. The molecule has 0 spiro atoms. The normalized spacial score (nSPS) is 25.5. The van der Waals surface area contributed by atoms with Gasteiger partial charge in [-0.25, -0.2) is 0 Å². The average Bonchev–Trinajstić information content (AvgIpc) is 2.17. The Bertz CT molecular complexity index is 137. The number of hydrogen-bond acceptors (Lipinski definition) is 1. The first-order valence-electron chi connectivity index (χ1n) is 2.59. The van der Waals surface area contributed by atoms with Crippen LogP contribution < -0.4 is 0 Å². The van der Waals surface area contributed by atoms with E-state index in [-0.39, 0.29) is 6.42 Å². The maximum absolute atomic E-state index is 9.95. The Hall–Kier alpha value is -0.790. The van der Waals surface area contributed by atoms with Crippen LogP contribution in [0.25, 0.3) is 0 Å². The van der Waals surface area contributed by atoms with Crippen molar-refractivity contribution in [3.63, 3.8) is 0 Å². The second-order valence-electron chi connectivity index (χ2n) is 2.16. The molecule has 1 aliphatic carbocycles. The van der Waals surface area contributed by atoms with Gasteiger partial charge in [0.15, 0.2) is 0 Å². The molecule has 1 atom stereocenters. The Morgan fingerprint density at radius 3 is 2.62 bits per heavy atom. The second kappa shape index (κ2) is 1.62. The molecule has 0 unspecified atom stereocenters. The van der Waals surface area contributed by atoms with Gasteiger partial charge in [0.2, 0.25) is 0 Å². The third kappa shape index (κ3) is 1.09. The number of allylic oxidation sites excluding steroid dienone is 1. The van der Waals surface area contributed by atoms with E-state index in [0.29, 0.717) is 5.92 Å². The Morgan fingerprint density at radius 2 is 2.50 bits per heavy atom. The van der Waals surface area contributed by atoms with E-state index < -0.39 is 5.97 Å². The molecule has 1 fully saturated rings. The smallest absolute Gasteiger partial charge is 0.303 e. The van der Waals surface area contributed by atoms with Gasteiger partial charge < -0.3 is 5.11 Å². The first kappa shape index (κ1) is 5.35. The lowest BCUT2D eigenvalue weighted by Gasteiger charge is -1.83. The standard InChI is InChI=1S/C6H8O2/c1-4-2-5(4)3-6(7)8/h5H,1-3H2,(H,7,8)/t5-/m0/s1. The highest BCUT2D eigenvalue weighted by atomic mass is 16.4. The minimum atomic E-state index is -0.714. The molecule has 1 aliphatic rings. The molecule has 2 nitrogen and oxygen atoms in total. The topological polar surface area (TPSA) is 37.3 Å². The van der Waals surface area contributed by atoms with Gasteiger partial charge in [-0.3, -0.25) is 4.79 Å². The highest BCUT2D eigenvalue weighted by Gasteiger charge is 2.29. The van der Waals surface area contributed by atoms with Gasteiger partial charge in [0.1, 0.15) is 0 Å². The quantitative estimate of drug-likeness (QED) is 0.542. The highest BCUT2D eigenvalue weighted by molar-refractivity contribution is 5.68. The van der Waals surface area contributed by atoms with Gasteiger partial charge in [-0.15, -0.1) is 0 Å². The van der Waals surface area contributed by atoms with E-state index in [1.54, 1.807) is 0 Å². The van der Waals surface area contributed by atoms with E-state index in [2.05, 4.69) is 6.58 Å². The van der Waals surface area contributed by atoms with Crippen molar-refractivity contribution in [1.29, 1.82) is 0 Å². The van der Waals surface area contributed by atoms with Crippen molar-refractivity contribution in [2.75, 3.05) is 0 Å². The Labute approximate surface area is 47.8 Å². The molecule has 1 N–H and O–H groups in total. The average molecular weight is 112 g/mol. The number of carboxylic acids is 1. The van der Waals surface area contributed by atoms with E-state index in [0.717, 1.165) is 12.0 Å². The van der Waals surface area contributed by atoms with Crippen LogP contribution in [0.1, 0.15) is 12.8 Å². The summed E-state index contributed by atoms with van der Waals surface area (Å²) in [4.78, 5) is 9.95. The van der Waals surface area contributed by atoms with E-state index in [1.807, 2.05) is 0 Å². The molecule has 0 amide bonds. The number of carbonyl (C=O) groups is 1. The van der Waals surface area contributed by atoms with Crippen molar-refractivity contribution in [2.24, 2.45) is 5.92 Å². The van der Waals surface area contributed by atoms with Crippen molar-refractivity contribution in [1.82, 2.24) is 0 Å². The summed E-state index contributed by atoms with van der Waals surface area (Å²) < 4.78 is 0. The molecule has 44 valence electrons. The van der Waals surface area contributed by atoms with Crippen LogP contribution in [-0.4, -0.2) is 11.1 Å². The molecule has 0 aromatic rings. The van der Waals surface area contributed by atoms with Crippen LogP contribution in [0.15, 0.2) is 12.2 Å². The number of hydrogen-bond donors (Lipinski definition) is 1. The third-order valence-electron chi connectivity index (χ3n) is 1.35. The van der Waals surface area contributed by atoms with Gasteiger partial charge in [0.05, 0.1) is 6.42 Å². The van der Waals surface area contributed by atoms with E-state index in [1.165, 1.54) is 0 Å². The molecule has 0 bridgehead atoms. The minimum absolute atomic E-state index is 0.277. The van der Waals surface area contributed by atoms with Crippen LogP contribution in [0, 0.1) is 5.92 Å². The monoisotopic (exact) mass is 112 g/mol. The predicted molar refractivity (Wildman–Crippen MR) is 29.5 cm³/mol. The fourth-order valence-corrected chi connectivity index (χ4v) is 0.685. The largest absolute Gasteiger partial charge is 0.481 e. The predicted octanol–water partition coefficient (Wildman–Crippen LogP) is 1.04. The molecule has 1 rings (SSSR count). The van der Waals surface area contributed by atoms with Crippen LogP contribution in [0.2, 0.25) is 0 Å². The van der Waals surface area contributed by atoms with Gasteiger partial charge in [-0.05, 0) is 12.3 Å². The molecule has 1 saturated carbocycles. The van der Waals surface area contributed by atoms with Gasteiger partial charge in [0, 0.05) is 0 Å². The molecule has 0 aliphatic heterocycles. The van der Waals surface area contributed by atoms with E-state index >= 15 is 0 Å². The summed E-state index contributed by atoms with van der Waals surface area (Å²) in [6.07, 6.45) is 1.20. The molecular weight excluding hydrogens is 104 g/mol. The number of carboxylic acid groups (broad SMARTS) is 1. The van der Waals surface area contributed by atoms with E-state index in [4.69, 9.17) is 5.11 Å². The Morgan fingerprint density at radius 1 is 2.00 bits per heavy atom. The minimum Gasteiger partial charge on any atom is -0.481 e. The zero-order chi connectivity index (χ0) is 6.15. The van der Waals surface area contributed by atoms with Crippen molar-refractivity contribution in [2.45, 2.75) is 12.8 Å². The molecular formula is C6H8O2. The zero-order valence-electron chi connectivity index (χ0n) is 4.55. The van der Waals surface area contributed by atoms with Crippen LogP contribution >= 0.6 is 0 Å². The first-order valence-corrected chi connectivity index (χ1v) is 2.59. The second-order valence-corrected chi connectivity index (χ2v) is 2.16. The SMILES string of the molecule is C=C1C[C@H]1CC(=O)O. The lowest BCUT2D eigenvalue weighted by Crippen LogP contribution is -1.94. The third-order valence-corrected chi connectivity index (χ3v) is 1.35. The maximum Gasteiger partial charge on any atom is 0.303 e. The molecule has 0 saturated heterocycles. The van der Waals surface area contributed by atoms with Gasteiger partial charge in [-0.1, -0.05) is 12.2 Å². The Balaban J connectivity index is 2.23. The summed E-state index contributed by atoms with van der Waals surface area (Å²) >= 11 is 0. The number of aliphatic carboxylic acids is 1. The first-order chi connectivity index (χ1) is 3.70. The van der Waals surface area contributed by atoms with E-state index in [9.17, 15) is 4.79 Å². The zero-order valence-corrected chi connectivity index (χ0v) is 4.55. The Kier molecular flexibility index (Phi) is 1.08. The van der Waals surface area contributed by atoms with Crippen molar-refractivity contribution in [3.8, 4) is 0 Å². The fraction of sp³-hybridized carbons (Fsp3) is 0.500. The lowest BCUT2D eigenvalue weighted by atomic mass is 10.3. The highest BCUT2D eigenvalue weighted by Crippen LogP contribution is 2.38.